The molecule has 0 aromatic rings. The minimum absolute atomic E-state index is 0.419. The molecule has 1 atom stereocenters. The number of rotatable bonds is 6. The van der Waals surface area contributed by atoms with E-state index in [1.807, 2.05) is 0 Å². The molecule has 0 bridgehead atoms. The monoisotopic (exact) mass is 720 g/mol. The Labute approximate surface area is 294 Å². The molecule has 0 fully saturated rings. The van der Waals surface area contributed by atoms with E-state index in [1.54, 1.807) is 104 Å². The normalized spacial score (nSPS) is 12.3. The van der Waals surface area contributed by atoms with Crippen LogP contribution in [0.15, 0.2) is 12.3 Å². The van der Waals surface area contributed by atoms with Crippen LogP contribution in [0.5, 0.6) is 0 Å². The first-order valence-corrected chi connectivity index (χ1v) is 15.4. The Kier molecular flexibility index (Phi) is 17.5. The summed E-state index contributed by atoms with van der Waals surface area (Å²) in [4.78, 5) is 85.9. The van der Waals surface area contributed by atoms with E-state index in [-0.39, 0.29) is 0 Å². The maximum Gasteiger partial charge on any atom is 0.508 e. The summed E-state index contributed by atoms with van der Waals surface area (Å²) in [6, 6.07) is -1.64. The lowest BCUT2D eigenvalue weighted by atomic mass is 10.2. The highest BCUT2D eigenvalue weighted by molar-refractivity contribution is 6.00. The van der Waals surface area contributed by atoms with Crippen LogP contribution in [-0.4, -0.2) is 107 Å². The minimum Gasteiger partial charge on any atom is -0.467 e. The van der Waals surface area contributed by atoms with Crippen LogP contribution in [0.25, 0.3) is 0 Å². The second-order valence-electron chi connectivity index (χ2n) is 15.4. The van der Waals surface area contributed by atoms with Gasteiger partial charge in [0.1, 0.15) is 40.3 Å². The van der Waals surface area contributed by atoms with E-state index in [4.69, 9.17) is 28.4 Å². The molecule has 0 heterocycles. The Balaban J connectivity index is 0. The molecule has 17 nitrogen and oxygen atoms in total. The van der Waals surface area contributed by atoms with E-state index in [0.717, 1.165) is 14.2 Å². The van der Waals surface area contributed by atoms with Crippen molar-refractivity contribution in [1.82, 2.24) is 9.80 Å². The quantitative estimate of drug-likeness (QED) is 0.163. The lowest BCUT2D eigenvalue weighted by Crippen LogP contribution is -2.54. The van der Waals surface area contributed by atoms with Crippen molar-refractivity contribution in [2.45, 2.75) is 138 Å². The van der Waals surface area contributed by atoms with Gasteiger partial charge in [-0.1, -0.05) is 6.58 Å². The number of amides is 4. The molecule has 0 spiro atoms. The summed E-state index contributed by atoms with van der Waals surface area (Å²) in [5.74, 6) is -1.95. The molecule has 0 radical (unpaired) electrons. The molecule has 0 rings (SSSR count). The van der Waals surface area contributed by atoms with Crippen molar-refractivity contribution in [3.63, 3.8) is 0 Å². The van der Waals surface area contributed by atoms with Gasteiger partial charge in [-0.2, -0.15) is 9.80 Å². The zero-order chi connectivity index (χ0) is 40.2. The summed E-state index contributed by atoms with van der Waals surface area (Å²) >= 11 is 0. The first kappa shape index (κ1) is 47.5. The number of esters is 2. The Morgan fingerprint density at radius 3 is 1.12 bits per heavy atom. The zero-order valence-corrected chi connectivity index (χ0v) is 32.5. The van der Waals surface area contributed by atoms with Gasteiger partial charge in [0.2, 0.25) is 0 Å². The van der Waals surface area contributed by atoms with E-state index in [0.29, 0.717) is 9.80 Å². The molecule has 0 aromatic carbocycles. The van der Waals surface area contributed by atoms with Crippen molar-refractivity contribution in [2.24, 2.45) is 0 Å². The molecule has 0 N–H and O–H groups in total. The number of hydrogen-bond acceptors (Lipinski definition) is 15. The van der Waals surface area contributed by atoms with Gasteiger partial charge in [0, 0.05) is 0 Å². The fourth-order valence-electron chi connectivity index (χ4n) is 2.88. The highest BCUT2D eigenvalue weighted by atomic mass is 16.7. The first-order chi connectivity index (χ1) is 22.1. The lowest BCUT2D eigenvalue weighted by Gasteiger charge is -2.32. The largest absolute Gasteiger partial charge is 0.508 e. The van der Waals surface area contributed by atoms with Crippen LogP contribution >= 0.6 is 0 Å². The molecule has 1 unspecified atom stereocenters. The highest BCUT2D eigenvalue weighted by Crippen LogP contribution is 2.20. The SMILES string of the molecule is C=C(C(=O)OC)N(C(=O)OC(C)(C)C)C(=O)OC(C)(C)C.COC(=O)C(COC(=O)OC(C)(C)C)N(C(=O)OC(C)(C)C)C(=O)OC(C)(C)C. The van der Waals surface area contributed by atoms with Crippen molar-refractivity contribution < 1.29 is 71.5 Å². The van der Waals surface area contributed by atoms with E-state index < -0.39 is 88.8 Å². The topological polar surface area (TPSA) is 200 Å². The predicted octanol–water partition coefficient (Wildman–Crippen LogP) is 6.50. The van der Waals surface area contributed by atoms with E-state index in [2.05, 4.69) is 16.1 Å². The maximum atomic E-state index is 12.6. The summed E-state index contributed by atoms with van der Waals surface area (Å²) in [6.45, 7) is 26.8. The number of nitrogens with zero attached hydrogens (tertiary/aromatic N) is 2. The fraction of sp³-hybridized carbons (Fsp3) is 0.727. The Bertz CT molecular complexity index is 1180. The average Bonchev–Trinajstić information content (AvgIpc) is 2.84. The van der Waals surface area contributed by atoms with Crippen LogP contribution in [0.2, 0.25) is 0 Å². The summed E-state index contributed by atoms with van der Waals surface area (Å²) in [7, 11) is 2.17. The molecular weight excluding hydrogens is 664 g/mol. The Hall–Kier alpha value is -4.57. The molecule has 4 amide bonds. The number of carbonyl (C=O) groups excluding carboxylic acids is 7. The van der Waals surface area contributed by atoms with Crippen molar-refractivity contribution in [3.8, 4) is 0 Å². The third-order valence-corrected chi connectivity index (χ3v) is 4.56. The molecule has 0 saturated heterocycles. The summed E-state index contributed by atoms with van der Waals surface area (Å²) in [5.41, 5.74) is -4.97. The van der Waals surface area contributed by atoms with Crippen LogP contribution in [0.4, 0.5) is 24.0 Å². The van der Waals surface area contributed by atoms with Gasteiger partial charge in [-0.25, -0.2) is 33.6 Å². The molecule has 0 aromatic heterocycles. The molecule has 0 aliphatic carbocycles. The fourth-order valence-corrected chi connectivity index (χ4v) is 2.88. The summed E-state index contributed by atoms with van der Waals surface area (Å²) in [6.07, 6.45) is -5.52. The van der Waals surface area contributed by atoms with Crippen LogP contribution in [0.1, 0.15) is 104 Å². The second kappa shape index (κ2) is 18.4. The van der Waals surface area contributed by atoms with Gasteiger partial charge < -0.3 is 37.9 Å². The van der Waals surface area contributed by atoms with Crippen molar-refractivity contribution in [1.29, 1.82) is 0 Å². The van der Waals surface area contributed by atoms with E-state index in [1.165, 1.54) is 0 Å². The molecule has 17 heteroatoms. The predicted molar refractivity (Wildman–Crippen MR) is 178 cm³/mol. The van der Waals surface area contributed by atoms with Crippen LogP contribution in [0, 0.1) is 0 Å². The van der Waals surface area contributed by atoms with Gasteiger partial charge >= 0.3 is 42.5 Å². The average molecular weight is 721 g/mol. The molecule has 0 aliphatic rings. The van der Waals surface area contributed by atoms with Crippen LogP contribution in [-0.2, 0) is 47.5 Å². The van der Waals surface area contributed by atoms with Crippen molar-refractivity contribution in [3.05, 3.63) is 12.3 Å². The Morgan fingerprint density at radius 2 is 0.840 bits per heavy atom. The summed E-state index contributed by atoms with van der Waals surface area (Å²) < 4.78 is 39.6. The second-order valence-corrected chi connectivity index (χ2v) is 15.4. The maximum absolute atomic E-state index is 12.6. The van der Waals surface area contributed by atoms with Crippen LogP contribution in [0.3, 0.4) is 0 Å². The third-order valence-electron chi connectivity index (χ3n) is 4.56. The van der Waals surface area contributed by atoms with E-state index >= 15 is 0 Å². The minimum atomic E-state index is -1.64. The number of imide groups is 2. The van der Waals surface area contributed by atoms with Gasteiger partial charge in [-0.15, -0.1) is 0 Å². The van der Waals surface area contributed by atoms with E-state index in [9.17, 15) is 33.6 Å². The number of hydrogen-bond donors (Lipinski definition) is 0. The van der Waals surface area contributed by atoms with Crippen LogP contribution < -0.4 is 0 Å². The Morgan fingerprint density at radius 1 is 0.520 bits per heavy atom. The number of ether oxygens (including phenoxy) is 8. The molecular formula is C33H56N2O15. The van der Waals surface area contributed by atoms with Gasteiger partial charge in [0.05, 0.1) is 14.2 Å². The van der Waals surface area contributed by atoms with Crippen molar-refractivity contribution >= 4 is 42.5 Å². The molecule has 288 valence electrons. The highest BCUT2D eigenvalue weighted by Gasteiger charge is 2.42. The smallest absolute Gasteiger partial charge is 0.467 e. The van der Waals surface area contributed by atoms with Gasteiger partial charge in [0.15, 0.2) is 6.04 Å². The van der Waals surface area contributed by atoms with Gasteiger partial charge in [-0.05, 0) is 104 Å². The lowest BCUT2D eigenvalue weighted by molar-refractivity contribution is -0.148. The van der Waals surface area contributed by atoms with Crippen molar-refractivity contribution in [2.75, 3.05) is 20.8 Å². The summed E-state index contributed by atoms with van der Waals surface area (Å²) in [5, 5.41) is 0. The molecule has 0 saturated carbocycles. The molecule has 0 aliphatic heterocycles. The zero-order valence-electron chi connectivity index (χ0n) is 32.5. The number of carbonyl (C=O) groups is 7. The molecule has 50 heavy (non-hydrogen) atoms. The number of methoxy groups -OCH3 is 2. The van der Waals surface area contributed by atoms with Gasteiger partial charge in [-0.3, -0.25) is 0 Å². The third kappa shape index (κ3) is 20.7. The standard InChI is InChI=1S/C19H33NO9.C14H23NO6/c1-17(2,3)27-14(22)20(15(23)28-18(4,5)6)12(13(21)25-10)11-26-16(24)29-19(7,8)9;1-9(10(16)19-8)15(11(17)20-13(2,3)4)12(18)21-14(5,6)7/h12H,11H2,1-10H3;1H2,2-8H3. The first-order valence-electron chi connectivity index (χ1n) is 15.4. The van der Waals surface area contributed by atoms with Gasteiger partial charge in [0.25, 0.3) is 0 Å².